The molecule has 0 unspecified atom stereocenters. The second kappa shape index (κ2) is 5.63. The van der Waals surface area contributed by atoms with E-state index in [0.29, 0.717) is 5.13 Å². The fraction of sp³-hybridized carbons (Fsp3) is 0.364. The number of hydrogen-bond donors (Lipinski definition) is 3. The monoisotopic (exact) mass is 266 g/mol. The van der Waals surface area contributed by atoms with Crippen LogP contribution in [0.3, 0.4) is 0 Å². The van der Waals surface area contributed by atoms with Gasteiger partial charge in [0, 0.05) is 30.2 Å². The summed E-state index contributed by atoms with van der Waals surface area (Å²) in [5.74, 6) is -0.0225. The summed E-state index contributed by atoms with van der Waals surface area (Å²) in [5, 5.41) is 12.7. The van der Waals surface area contributed by atoms with E-state index in [9.17, 15) is 4.79 Å². The molecule has 0 radical (unpaired) electrons. The van der Waals surface area contributed by atoms with Crippen molar-refractivity contribution in [3.05, 3.63) is 28.8 Å². The third-order valence-corrected chi connectivity index (χ3v) is 3.35. The van der Waals surface area contributed by atoms with Gasteiger partial charge in [0.25, 0.3) is 0 Å². The summed E-state index contributed by atoms with van der Waals surface area (Å²) in [4.78, 5) is 22.7. The summed E-state index contributed by atoms with van der Waals surface area (Å²) in [6.07, 6.45) is 5.29. The fourth-order valence-electron chi connectivity index (χ4n) is 1.56. The Morgan fingerprint density at radius 2 is 2.44 bits per heavy atom. The number of nitrogens with zero attached hydrogens (tertiary/aromatic N) is 2. The van der Waals surface area contributed by atoms with Gasteiger partial charge in [-0.3, -0.25) is 0 Å². The Labute approximate surface area is 108 Å². The molecule has 0 aromatic carbocycles. The Kier molecular flexibility index (Phi) is 3.93. The number of aromatic amines is 1. The molecule has 0 saturated heterocycles. The number of aromatic nitrogens is 3. The van der Waals surface area contributed by atoms with E-state index < -0.39 is 5.97 Å². The van der Waals surface area contributed by atoms with Crippen molar-refractivity contribution in [3.63, 3.8) is 0 Å². The van der Waals surface area contributed by atoms with Gasteiger partial charge >= 0.3 is 5.97 Å². The van der Waals surface area contributed by atoms with Crippen molar-refractivity contribution in [2.75, 3.05) is 11.9 Å². The number of carboxylic acid groups (broad SMARTS) is 1. The van der Waals surface area contributed by atoms with Gasteiger partial charge in [0.2, 0.25) is 0 Å². The first-order valence-corrected chi connectivity index (χ1v) is 6.41. The van der Waals surface area contributed by atoms with Crippen LogP contribution in [0.25, 0.3) is 0 Å². The van der Waals surface area contributed by atoms with E-state index in [2.05, 4.69) is 20.3 Å². The van der Waals surface area contributed by atoms with Crippen LogP contribution in [-0.2, 0) is 6.42 Å². The van der Waals surface area contributed by atoms with Crippen LogP contribution < -0.4 is 5.32 Å². The van der Waals surface area contributed by atoms with Crippen molar-refractivity contribution in [3.8, 4) is 0 Å². The van der Waals surface area contributed by atoms with Crippen LogP contribution in [-0.4, -0.2) is 32.6 Å². The largest absolute Gasteiger partial charge is 0.476 e. The summed E-state index contributed by atoms with van der Waals surface area (Å²) in [6.45, 7) is 2.50. The van der Waals surface area contributed by atoms with Crippen molar-refractivity contribution in [1.29, 1.82) is 0 Å². The van der Waals surface area contributed by atoms with Crippen LogP contribution in [0.15, 0.2) is 12.4 Å². The van der Waals surface area contributed by atoms with Crippen LogP contribution in [0.1, 0.15) is 27.6 Å². The molecule has 0 bridgehead atoms. The van der Waals surface area contributed by atoms with Crippen LogP contribution in [0, 0.1) is 6.92 Å². The zero-order valence-corrected chi connectivity index (χ0v) is 10.8. The maximum Gasteiger partial charge on any atom is 0.355 e. The smallest absolute Gasteiger partial charge is 0.355 e. The average molecular weight is 266 g/mol. The zero-order chi connectivity index (χ0) is 13.0. The number of nitrogens with one attached hydrogen (secondary N) is 2. The van der Waals surface area contributed by atoms with Gasteiger partial charge in [0.05, 0.1) is 0 Å². The molecule has 0 aliphatic rings. The van der Waals surface area contributed by atoms with Crippen molar-refractivity contribution in [2.24, 2.45) is 0 Å². The van der Waals surface area contributed by atoms with Gasteiger partial charge in [-0.25, -0.2) is 14.8 Å². The molecular formula is C11H14N4O2S. The molecule has 7 heteroatoms. The van der Waals surface area contributed by atoms with Crippen LogP contribution in [0.2, 0.25) is 0 Å². The lowest BCUT2D eigenvalue weighted by molar-refractivity contribution is 0.0690. The molecule has 2 rings (SSSR count). The topological polar surface area (TPSA) is 90.9 Å². The van der Waals surface area contributed by atoms with E-state index >= 15 is 0 Å². The average Bonchev–Trinajstić information content (AvgIpc) is 2.94. The summed E-state index contributed by atoms with van der Waals surface area (Å²) in [7, 11) is 0. The van der Waals surface area contributed by atoms with Gasteiger partial charge in [-0.15, -0.1) is 11.3 Å². The molecule has 0 aliphatic carbocycles. The number of aryl methyl sites for hydroxylation is 2. The van der Waals surface area contributed by atoms with Gasteiger partial charge in [-0.2, -0.15) is 0 Å². The fourth-order valence-corrected chi connectivity index (χ4v) is 2.39. The molecule has 0 saturated carbocycles. The van der Waals surface area contributed by atoms with Crippen molar-refractivity contribution in [1.82, 2.24) is 15.0 Å². The van der Waals surface area contributed by atoms with Gasteiger partial charge in [-0.1, -0.05) is 0 Å². The number of imidazole rings is 1. The molecular weight excluding hydrogens is 252 g/mol. The van der Waals surface area contributed by atoms with E-state index in [4.69, 9.17) is 5.11 Å². The summed E-state index contributed by atoms with van der Waals surface area (Å²) in [6, 6.07) is 0. The highest BCUT2D eigenvalue weighted by Gasteiger charge is 2.13. The molecule has 2 aromatic rings. The van der Waals surface area contributed by atoms with Gasteiger partial charge < -0.3 is 15.4 Å². The number of aromatic carboxylic acids is 1. The number of thiazole rings is 1. The van der Waals surface area contributed by atoms with E-state index in [1.165, 1.54) is 11.3 Å². The Bertz CT molecular complexity index is 521. The molecule has 0 amide bonds. The predicted octanol–water partition coefficient (Wildman–Crippen LogP) is 1.92. The van der Waals surface area contributed by atoms with Crippen LogP contribution >= 0.6 is 11.3 Å². The second-order valence-corrected chi connectivity index (χ2v) is 5.00. The number of rotatable bonds is 6. The van der Waals surface area contributed by atoms with E-state index in [0.717, 1.165) is 30.1 Å². The summed E-state index contributed by atoms with van der Waals surface area (Å²) in [5.41, 5.74) is 0.133. The molecule has 18 heavy (non-hydrogen) atoms. The standard InChI is InChI=1S/C11H14N4O2S/c1-7-9(10(16)17)15-11(18-7)14-4-2-3-8-12-5-6-13-8/h5-6H,2-4H2,1H3,(H,12,13)(H,14,15)(H,16,17). The molecule has 2 aromatic heterocycles. The summed E-state index contributed by atoms with van der Waals surface area (Å²) < 4.78 is 0. The number of anilines is 1. The molecule has 0 aliphatic heterocycles. The molecule has 0 fully saturated rings. The Hall–Kier alpha value is -1.89. The minimum Gasteiger partial charge on any atom is -0.476 e. The van der Waals surface area contributed by atoms with Crippen molar-refractivity contribution < 1.29 is 9.90 Å². The molecule has 6 nitrogen and oxygen atoms in total. The highest BCUT2D eigenvalue weighted by Crippen LogP contribution is 2.21. The van der Waals surface area contributed by atoms with E-state index in [1.54, 1.807) is 19.3 Å². The minimum atomic E-state index is -0.979. The van der Waals surface area contributed by atoms with E-state index in [1.807, 2.05) is 0 Å². The SMILES string of the molecule is Cc1sc(NCCCc2ncc[nH]2)nc1C(=O)O. The van der Waals surface area contributed by atoms with E-state index in [-0.39, 0.29) is 5.69 Å². The maximum absolute atomic E-state index is 10.8. The quantitative estimate of drug-likeness (QED) is 0.695. The molecule has 2 heterocycles. The second-order valence-electron chi connectivity index (χ2n) is 3.80. The predicted molar refractivity (Wildman–Crippen MR) is 69.2 cm³/mol. The number of carboxylic acids is 1. The molecule has 96 valence electrons. The first-order chi connectivity index (χ1) is 8.66. The van der Waals surface area contributed by atoms with Gasteiger partial charge in [0.1, 0.15) is 5.82 Å². The number of H-pyrrole nitrogens is 1. The maximum atomic E-state index is 10.8. The van der Waals surface area contributed by atoms with Crippen LogP contribution in [0.4, 0.5) is 5.13 Å². The molecule has 0 atom stereocenters. The van der Waals surface area contributed by atoms with Crippen molar-refractivity contribution >= 4 is 22.4 Å². The summed E-state index contributed by atoms with van der Waals surface area (Å²) >= 11 is 1.36. The van der Waals surface area contributed by atoms with Crippen molar-refractivity contribution in [2.45, 2.75) is 19.8 Å². The highest BCUT2D eigenvalue weighted by atomic mass is 32.1. The molecule has 0 spiro atoms. The Balaban J connectivity index is 1.80. The minimum absolute atomic E-state index is 0.133. The van der Waals surface area contributed by atoms with Gasteiger partial charge in [0.15, 0.2) is 10.8 Å². The lowest BCUT2D eigenvalue weighted by atomic mass is 10.3. The Morgan fingerprint density at radius 1 is 1.61 bits per heavy atom. The number of hydrogen-bond acceptors (Lipinski definition) is 5. The lowest BCUT2D eigenvalue weighted by Crippen LogP contribution is -2.04. The van der Waals surface area contributed by atoms with Crippen LogP contribution in [0.5, 0.6) is 0 Å². The lowest BCUT2D eigenvalue weighted by Gasteiger charge is -2.00. The normalized spacial score (nSPS) is 10.5. The first-order valence-electron chi connectivity index (χ1n) is 5.59. The third-order valence-electron chi connectivity index (χ3n) is 2.42. The molecule has 3 N–H and O–H groups in total. The first kappa shape index (κ1) is 12.6. The highest BCUT2D eigenvalue weighted by molar-refractivity contribution is 7.15. The Morgan fingerprint density at radius 3 is 3.06 bits per heavy atom. The number of carbonyl (C=O) groups is 1. The third kappa shape index (κ3) is 3.07. The zero-order valence-electron chi connectivity index (χ0n) is 9.93. The van der Waals surface area contributed by atoms with Gasteiger partial charge in [-0.05, 0) is 13.3 Å².